The van der Waals surface area contributed by atoms with Crippen LogP contribution in [0.1, 0.15) is 23.7 Å². The maximum Gasteiger partial charge on any atom is 0.248 e. The van der Waals surface area contributed by atoms with Gasteiger partial charge in [-0.2, -0.15) is 5.26 Å². The number of nitrogens with one attached hydrogen (secondary N) is 1. The van der Waals surface area contributed by atoms with Crippen LogP contribution in [0.15, 0.2) is 35.7 Å². The molecule has 9 heteroatoms. The van der Waals surface area contributed by atoms with Gasteiger partial charge in [-0.25, -0.2) is 0 Å². The maximum absolute atomic E-state index is 13.7. The fourth-order valence-corrected chi connectivity index (χ4v) is 3.91. The van der Waals surface area contributed by atoms with Gasteiger partial charge < -0.3 is 25.3 Å². The number of H-pyrrole nitrogens is 1. The molecule has 2 atom stereocenters. The zero-order valence-corrected chi connectivity index (χ0v) is 14.4. The van der Waals surface area contributed by atoms with Crippen molar-refractivity contribution >= 4 is 17.6 Å². The number of amides is 1. The van der Waals surface area contributed by atoms with Gasteiger partial charge in [-0.05, 0) is 19.9 Å². The standard InChI is InChI=1S/C18H15N5O4/c1-8-13-15(22-21-8)27-14(20)11(7-19)18(13)10-5-3-4-6-12(10)23(17(18)26)9(2)16(24)25/h3-6,9H,20H2,1-2H3,(H,21,22)(H,24,25)/p-1/t9-,18+/m0/s1. The van der Waals surface area contributed by atoms with E-state index in [2.05, 4.69) is 10.2 Å². The van der Waals surface area contributed by atoms with Crippen LogP contribution >= 0.6 is 0 Å². The van der Waals surface area contributed by atoms with E-state index in [4.69, 9.17) is 10.5 Å². The van der Waals surface area contributed by atoms with Crippen LogP contribution < -0.4 is 20.5 Å². The van der Waals surface area contributed by atoms with Crippen molar-refractivity contribution in [2.24, 2.45) is 5.73 Å². The number of para-hydroxylation sites is 1. The number of aromatic nitrogens is 2. The molecule has 136 valence electrons. The second-order valence-electron chi connectivity index (χ2n) is 6.42. The Labute approximate surface area is 153 Å². The summed E-state index contributed by atoms with van der Waals surface area (Å²) in [5.41, 5.74) is 5.88. The zero-order chi connectivity index (χ0) is 19.5. The molecule has 0 aliphatic carbocycles. The van der Waals surface area contributed by atoms with Gasteiger partial charge in [0, 0.05) is 16.9 Å². The monoisotopic (exact) mass is 364 g/mol. The molecule has 0 saturated heterocycles. The number of carboxylic acids is 1. The largest absolute Gasteiger partial charge is 0.548 e. The number of anilines is 1. The van der Waals surface area contributed by atoms with Crippen molar-refractivity contribution in [2.75, 3.05) is 4.90 Å². The third kappa shape index (κ3) is 1.84. The number of aromatic amines is 1. The highest BCUT2D eigenvalue weighted by Crippen LogP contribution is 2.55. The van der Waals surface area contributed by atoms with Crippen LogP contribution in [-0.2, 0) is 15.0 Å². The fourth-order valence-electron chi connectivity index (χ4n) is 3.91. The first kappa shape index (κ1) is 16.7. The SMILES string of the molecule is Cc1[nH]nc2c1[C@]1(C(=O)N([C@@H](C)C(=O)[O-])c3ccccc31)C(C#N)=C(N)O2. The van der Waals surface area contributed by atoms with Crippen molar-refractivity contribution in [1.82, 2.24) is 10.2 Å². The van der Waals surface area contributed by atoms with Gasteiger partial charge in [0.1, 0.15) is 17.1 Å². The molecule has 4 rings (SSSR count). The Hall–Kier alpha value is -3.80. The number of hydrogen-bond donors (Lipinski definition) is 2. The van der Waals surface area contributed by atoms with E-state index in [1.54, 1.807) is 31.2 Å². The van der Waals surface area contributed by atoms with Gasteiger partial charge in [0.2, 0.25) is 17.7 Å². The minimum absolute atomic E-state index is 0.0788. The van der Waals surface area contributed by atoms with E-state index in [1.807, 2.05) is 6.07 Å². The minimum Gasteiger partial charge on any atom is -0.548 e. The Balaban J connectivity index is 2.14. The summed E-state index contributed by atoms with van der Waals surface area (Å²) >= 11 is 0. The number of rotatable bonds is 2. The summed E-state index contributed by atoms with van der Waals surface area (Å²) in [5, 5.41) is 28.1. The maximum atomic E-state index is 13.7. The Kier molecular flexibility index (Phi) is 3.30. The molecule has 1 amide bonds. The topological polar surface area (TPSA) is 148 Å². The summed E-state index contributed by atoms with van der Waals surface area (Å²) in [4.78, 5) is 26.4. The molecule has 9 nitrogen and oxygen atoms in total. The molecular formula is C18H14N5O4-. The fraction of sp³-hybridized carbons (Fsp3) is 0.222. The van der Waals surface area contributed by atoms with Crippen molar-refractivity contribution in [1.29, 1.82) is 5.26 Å². The van der Waals surface area contributed by atoms with E-state index in [0.717, 1.165) is 4.90 Å². The van der Waals surface area contributed by atoms with E-state index < -0.39 is 23.3 Å². The molecule has 1 aromatic heterocycles. The van der Waals surface area contributed by atoms with Gasteiger partial charge in [0.05, 0.1) is 17.6 Å². The molecule has 0 radical (unpaired) electrons. The molecule has 0 bridgehead atoms. The average molecular weight is 364 g/mol. The number of hydrogen-bond acceptors (Lipinski definition) is 7. The van der Waals surface area contributed by atoms with Crippen molar-refractivity contribution in [3.63, 3.8) is 0 Å². The van der Waals surface area contributed by atoms with E-state index in [0.29, 0.717) is 22.5 Å². The highest BCUT2D eigenvalue weighted by atomic mass is 16.5. The number of aryl methyl sites for hydroxylation is 1. The van der Waals surface area contributed by atoms with Crippen molar-refractivity contribution in [2.45, 2.75) is 25.3 Å². The molecule has 1 spiro atoms. The Morgan fingerprint density at radius 2 is 2.19 bits per heavy atom. The van der Waals surface area contributed by atoms with Crippen molar-refractivity contribution < 1.29 is 19.4 Å². The highest BCUT2D eigenvalue weighted by molar-refractivity contribution is 6.16. The summed E-state index contributed by atoms with van der Waals surface area (Å²) in [6, 6.07) is 7.41. The predicted octanol–water partition coefficient (Wildman–Crippen LogP) is -0.425. The van der Waals surface area contributed by atoms with Gasteiger partial charge in [0.25, 0.3) is 0 Å². The third-order valence-electron chi connectivity index (χ3n) is 5.06. The minimum atomic E-state index is -1.64. The van der Waals surface area contributed by atoms with Gasteiger partial charge in [0.15, 0.2) is 0 Å². The molecule has 3 N–H and O–H groups in total. The molecule has 2 aliphatic rings. The molecule has 0 saturated carbocycles. The Bertz CT molecular complexity index is 1080. The highest BCUT2D eigenvalue weighted by Gasteiger charge is 2.61. The Morgan fingerprint density at radius 3 is 2.85 bits per heavy atom. The number of carbonyl (C=O) groups excluding carboxylic acids is 2. The van der Waals surface area contributed by atoms with E-state index in [-0.39, 0.29) is 17.3 Å². The van der Waals surface area contributed by atoms with Crippen LogP contribution in [0.5, 0.6) is 5.88 Å². The summed E-state index contributed by atoms with van der Waals surface area (Å²) in [5.74, 6) is -2.20. The molecule has 3 heterocycles. The molecule has 0 unspecified atom stereocenters. The first-order chi connectivity index (χ1) is 12.9. The lowest BCUT2D eigenvalue weighted by Crippen LogP contribution is -2.53. The average Bonchev–Trinajstić information content (AvgIpc) is 3.12. The number of benzene rings is 1. The van der Waals surface area contributed by atoms with Gasteiger partial charge in [-0.1, -0.05) is 18.2 Å². The van der Waals surface area contributed by atoms with E-state index >= 15 is 0 Å². The number of fused-ring (bicyclic) bond motifs is 4. The van der Waals surface area contributed by atoms with Gasteiger partial charge in [-0.15, -0.1) is 5.10 Å². The quantitative estimate of drug-likeness (QED) is 0.735. The van der Waals surface area contributed by atoms with Crippen LogP contribution in [0.25, 0.3) is 0 Å². The molecule has 27 heavy (non-hydrogen) atoms. The van der Waals surface area contributed by atoms with Gasteiger partial charge >= 0.3 is 0 Å². The normalized spacial score (nSPS) is 21.5. The number of ether oxygens (including phenoxy) is 1. The van der Waals surface area contributed by atoms with Crippen LogP contribution in [-0.4, -0.2) is 28.1 Å². The number of carboxylic acid groups (broad SMARTS) is 1. The summed E-state index contributed by atoms with van der Waals surface area (Å²) < 4.78 is 5.44. The van der Waals surface area contributed by atoms with E-state index in [1.165, 1.54) is 6.92 Å². The van der Waals surface area contributed by atoms with Crippen LogP contribution in [0.4, 0.5) is 5.69 Å². The summed E-state index contributed by atoms with van der Waals surface area (Å²) in [6.07, 6.45) is 0. The van der Waals surface area contributed by atoms with E-state index in [9.17, 15) is 20.0 Å². The number of carbonyl (C=O) groups is 2. The molecular weight excluding hydrogens is 350 g/mol. The number of aliphatic carboxylic acids is 1. The van der Waals surface area contributed by atoms with Gasteiger partial charge in [-0.3, -0.25) is 9.89 Å². The number of nitriles is 1. The molecule has 0 fully saturated rings. The smallest absolute Gasteiger partial charge is 0.248 e. The summed E-state index contributed by atoms with van der Waals surface area (Å²) in [6.45, 7) is 3.04. The third-order valence-corrected chi connectivity index (χ3v) is 5.06. The van der Waals surface area contributed by atoms with Crippen LogP contribution in [0, 0.1) is 18.3 Å². The van der Waals surface area contributed by atoms with Crippen LogP contribution in [0.3, 0.4) is 0 Å². The van der Waals surface area contributed by atoms with Crippen molar-refractivity contribution in [3.8, 4) is 11.9 Å². The lowest BCUT2D eigenvalue weighted by atomic mass is 9.69. The summed E-state index contributed by atoms with van der Waals surface area (Å²) in [7, 11) is 0. The molecule has 1 aromatic carbocycles. The number of nitrogens with zero attached hydrogens (tertiary/aromatic N) is 3. The second-order valence-corrected chi connectivity index (χ2v) is 6.42. The van der Waals surface area contributed by atoms with Crippen molar-refractivity contribution in [3.05, 3.63) is 52.5 Å². The molecule has 2 aliphatic heterocycles. The lowest BCUT2D eigenvalue weighted by molar-refractivity contribution is -0.307. The zero-order valence-electron chi connectivity index (χ0n) is 14.4. The second kappa shape index (κ2) is 5.35. The number of nitrogens with two attached hydrogens (primary N) is 1. The first-order valence-corrected chi connectivity index (χ1v) is 8.13. The predicted molar refractivity (Wildman–Crippen MR) is 90.0 cm³/mol. The lowest BCUT2D eigenvalue weighted by Gasteiger charge is -2.33. The Morgan fingerprint density at radius 1 is 1.48 bits per heavy atom. The first-order valence-electron chi connectivity index (χ1n) is 8.13. The molecule has 2 aromatic rings. The van der Waals surface area contributed by atoms with Crippen LogP contribution in [0.2, 0.25) is 0 Å².